The number of rotatable bonds is 5. The Morgan fingerprint density at radius 3 is 1.79 bits per heavy atom. The summed E-state index contributed by atoms with van der Waals surface area (Å²) in [7, 11) is 1.72. The molecule has 1 heterocycles. The zero-order valence-electron chi connectivity index (χ0n) is 13.7. The molecule has 0 amide bonds. The zero-order valence-corrected chi connectivity index (χ0v) is 13.7. The van der Waals surface area contributed by atoms with Crippen LogP contribution in [0, 0.1) is 0 Å². The molecule has 0 aliphatic carbocycles. The van der Waals surface area contributed by atoms with Gasteiger partial charge in [-0.2, -0.15) is 0 Å². The molecule has 0 saturated carbocycles. The van der Waals surface area contributed by atoms with E-state index in [1.54, 1.807) is 7.11 Å². The van der Waals surface area contributed by atoms with E-state index in [2.05, 4.69) is 66.7 Å². The molecule has 2 heteroatoms. The summed E-state index contributed by atoms with van der Waals surface area (Å²) < 4.78 is 11.0. The minimum absolute atomic E-state index is 0.135. The largest absolute Gasteiger partial charge is 0.382 e. The summed E-state index contributed by atoms with van der Waals surface area (Å²) in [5.41, 5.74) is 6.11. The van der Waals surface area contributed by atoms with Crippen molar-refractivity contribution in [2.45, 2.75) is 12.2 Å². The molecule has 3 aromatic rings. The van der Waals surface area contributed by atoms with E-state index in [-0.39, 0.29) is 12.2 Å². The van der Waals surface area contributed by atoms with E-state index in [1.165, 1.54) is 27.8 Å². The monoisotopic (exact) mass is 316 g/mol. The van der Waals surface area contributed by atoms with Gasteiger partial charge >= 0.3 is 0 Å². The van der Waals surface area contributed by atoms with Crippen LogP contribution in [0.5, 0.6) is 0 Å². The van der Waals surface area contributed by atoms with E-state index in [4.69, 9.17) is 9.47 Å². The molecule has 0 radical (unpaired) electrons. The molecular weight excluding hydrogens is 296 g/mol. The summed E-state index contributed by atoms with van der Waals surface area (Å²) in [6.45, 7) is 0.640. The number of methoxy groups -OCH3 is 1. The lowest BCUT2D eigenvalue weighted by molar-refractivity contribution is 0.171. The first-order chi connectivity index (χ1) is 11.8. The molecule has 0 bridgehead atoms. The van der Waals surface area contributed by atoms with Crippen molar-refractivity contribution in [1.82, 2.24) is 0 Å². The summed E-state index contributed by atoms with van der Waals surface area (Å²) in [5.74, 6) is 0. The van der Waals surface area contributed by atoms with Gasteiger partial charge in [-0.15, -0.1) is 0 Å². The summed E-state index contributed by atoms with van der Waals surface area (Å²) in [6.07, 6.45) is 0.306. The molecule has 0 N–H and O–H groups in total. The van der Waals surface area contributed by atoms with Gasteiger partial charge in [-0.3, -0.25) is 0 Å². The fourth-order valence-electron chi connectivity index (χ4n) is 3.14. The zero-order chi connectivity index (χ0) is 16.4. The van der Waals surface area contributed by atoms with Gasteiger partial charge in [0.25, 0.3) is 0 Å². The topological polar surface area (TPSA) is 21.8 Å². The van der Waals surface area contributed by atoms with Gasteiger partial charge in [-0.05, 0) is 46.0 Å². The first-order valence-corrected chi connectivity index (χ1v) is 8.25. The Bertz CT molecular complexity index is 754. The minimum Gasteiger partial charge on any atom is -0.382 e. The summed E-state index contributed by atoms with van der Waals surface area (Å²) >= 11 is 0. The van der Waals surface area contributed by atoms with E-state index in [9.17, 15) is 0 Å². The highest BCUT2D eigenvalue weighted by Gasteiger charge is 2.40. The molecule has 1 fully saturated rings. The Morgan fingerprint density at radius 2 is 1.29 bits per heavy atom. The lowest BCUT2D eigenvalue weighted by atomic mass is 9.94. The Kier molecular flexibility index (Phi) is 4.16. The van der Waals surface area contributed by atoms with Gasteiger partial charge in [0.05, 0.1) is 6.61 Å². The van der Waals surface area contributed by atoms with Gasteiger partial charge in [0, 0.05) is 7.11 Å². The third-order valence-electron chi connectivity index (χ3n) is 4.41. The van der Waals surface area contributed by atoms with Crippen molar-refractivity contribution in [3.63, 3.8) is 0 Å². The van der Waals surface area contributed by atoms with Crippen LogP contribution in [0.4, 0.5) is 0 Å². The van der Waals surface area contributed by atoms with Crippen LogP contribution >= 0.6 is 0 Å². The fraction of sp³-hybridized carbons (Fsp3) is 0.182. The molecule has 1 aliphatic heterocycles. The number of hydrogen-bond acceptors (Lipinski definition) is 2. The number of benzene rings is 3. The fourth-order valence-corrected chi connectivity index (χ4v) is 3.14. The average Bonchev–Trinajstić information content (AvgIpc) is 3.43. The minimum atomic E-state index is 0.135. The highest BCUT2D eigenvalue weighted by atomic mass is 16.6. The standard InChI is InChI=1S/C22H20O2/c1-23-15-21-22(24-21)20-13-18(16-8-4-2-5-9-16)12-19(14-20)17-10-6-3-7-11-17/h2-14,21-22H,15H2,1H3/t21-,22-/m0/s1. The highest BCUT2D eigenvalue weighted by molar-refractivity contribution is 5.74. The first kappa shape index (κ1) is 15.1. The Balaban J connectivity index is 1.77. The second-order valence-corrected chi connectivity index (χ2v) is 6.13. The second-order valence-electron chi connectivity index (χ2n) is 6.13. The van der Waals surface area contributed by atoms with Crippen LogP contribution < -0.4 is 0 Å². The van der Waals surface area contributed by atoms with E-state index in [1.807, 2.05) is 12.1 Å². The molecule has 120 valence electrons. The molecule has 0 aromatic heterocycles. The maximum absolute atomic E-state index is 5.80. The van der Waals surface area contributed by atoms with E-state index in [0.717, 1.165) is 0 Å². The van der Waals surface area contributed by atoms with Gasteiger partial charge in [-0.25, -0.2) is 0 Å². The van der Waals surface area contributed by atoms with Crippen LogP contribution in [0.25, 0.3) is 22.3 Å². The van der Waals surface area contributed by atoms with Crippen molar-refractivity contribution in [3.8, 4) is 22.3 Å². The summed E-state index contributed by atoms with van der Waals surface area (Å²) in [6, 6.07) is 27.7. The number of hydrogen-bond donors (Lipinski definition) is 0. The SMILES string of the molecule is COC[C@@H]1O[C@H]1c1cc(-c2ccccc2)cc(-c2ccccc2)c1. The van der Waals surface area contributed by atoms with Crippen molar-refractivity contribution >= 4 is 0 Å². The third kappa shape index (κ3) is 3.12. The predicted octanol–water partition coefficient (Wildman–Crippen LogP) is 5.11. The quantitative estimate of drug-likeness (QED) is 0.610. The molecule has 1 aliphatic rings. The van der Waals surface area contributed by atoms with Gasteiger partial charge in [0.1, 0.15) is 12.2 Å². The predicted molar refractivity (Wildman–Crippen MR) is 96.8 cm³/mol. The normalized spacial score (nSPS) is 19.2. The van der Waals surface area contributed by atoms with Crippen LogP contribution in [-0.2, 0) is 9.47 Å². The average molecular weight is 316 g/mol. The van der Waals surface area contributed by atoms with Crippen molar-refractivity contribution in [2.24, 2.45) is 0 Å². The molecule has 24 heavy (non-hydrogen) atoms. The van der Waals surface area contributed by atoms with Crippen molar-refractivity contribution in [2.75, 3.05) is 13.7 Å². The third-order valence-corrected chi connectivity index (χ3v) is 4.41. The van der Waals surface area contributed by atoms with Gasteiger partial charge in [-0.1, -0.05) is 60.7 Å². The Labute approximate surface area is 142 Å². The summed E-state index contributed by atoms with van der Waals surface area (Å²) in [4.78, 5) is 0. The molecule has 0 spiro atoms. The molecule has 3 aromatic carbocycles. The van der Waals surface area contributed by atoms with E-state index in [0.29, 0.717) is 6.61 Å². The van der Waals surface area contributed by atoms with Crippen molar-refractivity contribution < 1.29 is 9.47 Å². The molecule has 1 saturated heterocycles. The smallest absolute Gasteiger partial charge is 0.112 e. The van der Waals surface area contributed by atoms with E-state index < -0.39 is 0 Å². The maximum Gasteiger partial charge on any atom is 0.112 e. The Morgan fingerprint density at radius 1 is 0.750 bits per heavy atom. The lowest BCUT2D eigenvalue weighted by Crippen LogP contribution is -1.99. The molecule has 4 rings (SSSR count). The molecule has 2 nitrogen and oxygen atoms in total. The van der Waals surface area contributed by atoms with Crippen LogP contribution in [0.2, 0.25) is 0 Å². The highest BCUT2D eigenvalue weighted by Crippen LogP contribution is 2.41. The molecule has 0 unspecified atom stereocenters. The lowest BCUT2D eigenvalue weighted by Gasteiger charge is -2.10. The summed E-state index contributed by atoms with van der Waals surface area (Å²) in [5, 5.41) is 0. The van der Waals surface area contributed by atoms with Gasteiger partial charge in [0.2, 0.25) is 0 Å². The van der Waals surface area contributed by atoms with Crippen LogP contribution in [-0.4, -0.2) is 19.8 Å². The van der Waals surface area contributed by atoms with E-state index >= 15 is 0 Å². The number of ether oxygens (including phenoxy) is 2. The van der Waals surface area contributed by atoms with Crippen molar-refractivity contribution in [3.05, 3.63) is 84.4 Å². The van der Waals surface area contributed by atoms with Crippen LogP contribution in [0.1, 0.15) is 11.7 Å². The van der Waals surface area contributed by atoms with Crippen LogP contribution in [0.15, 0.2) is 78.9 Å². The Hall–Kier alpha value is -2.42. The second kappa shape index (κ2) is 6.60. The molecular formula is C22H20O2. The van der Waals surface area contributed by atoms with Gasteiger partial charge < -0.3 is 9.47 Å². The van der Waals surface area contributed by atoms with Crippen molar-refractivity contribution in [1.29, 1.82) is 0 Å². The molecule has 2 atom stereocenters. The van der Waals surface area contributed by atoms with Gasteiger partial charge in [0.15, 0.2) is 0 Å². The first-order valence-electron chi connectivity index (χ1n) is 8.25. The number of epoxide rings is 1. The van der Waals surface area contributed by atoms with Crippen LogP contribution in [0.3, 0.4) is 0 Å². The maximum atomic E-state index is 5.80.